The molecule has 0 bridgehead atoms. The lowest BCUT2D eigenvalue weighted by molar-refractivity contribution is 0.0948. The van der Waals surface area contributed by atoms with Crippen LogP contribution in [0, 0.1) is 5.82 Å². The third-order valence-electron chi connectivity index (χ3n) is 4.55. The Morgan fingerprint density at radius 2 is 1.91 bits per heavy atom. The van der Waals surface area contributed by atoms with Crippen molar-refractivity contribution in [1.82, 2.24) is 15.0 Å². The maximum atomic E-state index is 14.2. The Hall–Kier alpha value is -2.83. The summed E-state index contributed by atoms with van der Waals surface area (Å²) in [6, 6.07) is 8.43. The summed E-state index contributed by atoms with van der Waals surface area (Å²) in [6.07, 6.45) is 1.02. The number of aromatic hydroxyl groups is 1. The van der Waals surface area contributed by atoms with Crippen molar-refractivity contribution in [3.05, 3.63) is 64.6 Å². The lowest BCUT2D eigenvalue weighted by atomic mass is 10.1. The van der Waals surface area contributed by atoms with Gasteiger partial charge in [-0.1, -0.05) is 23.7 Å². The van der Waals surface area contributed by atoms with Gasteiger partial charge in [-0.15, -0.1) is 0 Å². The molecule has 3 aromatic rings. The smallest absolute Gasteiger partial charge is 0.256 e. The number of rotatable bonds is 10. The number of hydrogen-bond donors (Lipinski definition) is 4. The van der Waals surface area contributed by atoms with E-state index in [1.165, 1.54) is 0 Å². The van der Waals surface area contributed by atoms with Crippen LogP contribution in [0.4, 0.5) is 4.39 Å². The predicted octanol–water partition coefficient (Wildman–Crippen LogP) is 1.95. The molecule has 1 aromatic heterocycles. The van der Waals surface area contributed by atoms with Gasteiger partial charge in [0.1, 0.15) is 22.0 Å². The summed E-state index contributed by atoms with van der Waals surface area (Å²) in [5.74, 6) is -2.21. The summed E-state index contributed by atoms with van der Waals surface area (Å²) in [5.41, 5.74) is 0.317. The first kappa shape index (κ1) is 24.8. The standard InChI is InChI=1S/C21H21ClFN3O6S/c22-14-3-1-13(2-4-14)11-25-21(29)17-12-24-19-16(20(17)28)9-15(23)10-18(19)33(30,31)26-5-7-32-8-6-27/h1-4,9-10,12,26-27H,5-8,11H2,(H,24,28)(H,25,29). The molecule has 176 valence electrons. The van der Waals surface area contributed by atoms with Gasteiger partial charge in [-0.2, -0.15) is 0 Å². The summed E-state index contributed by atoms with van der Waals surface area (Å²) in [6.45, 7) is -0.164. The molecule has 1 heterocycles. The number of pyridine rings is 1. The molecular weight excluding hydrogens is 477 g/mol. The summed E-state index contributed by atoms with van der Waals surface area (Å²) in [4.78, 5) is 16.1. The quantitative estimate of drug-likeness (QED) is 0.314. The number of sulfonamides is 1. The first-order valence-corrected chi connectivity index (χ1v) is 11.6. The van der Waals surface area contributed by atoms with Gasteiger partial charge in [0.05, 0.1) is 25.3 Å². The summed E-state index contributed by atoms with van der Waals surface area (Å²) < 4.78 is 46.8. The van der Waals surface area contributed by atoms with Crippen LogP contribution in [0.25, 0.3) is 10.9 Å². The van der Waals surface area contributed by atoms with Crippen LogP contribution >= 0.6 is 11.6 Å². The number of carbonyl (C=O) groups excluding carboxylic acids is 1. The van der Waals surface area contributed by atoms with E-state index < -0.39 is 32.4 Å². The second-order valence-electron chi connectivity index (χ2n) is 6.86. The van der Waals surface area contributed by atoms with Crippen LogP contribution in [0.2, 0.25) is 5.02 Å². The Kier molecular flexibility index (Phi) is 8.16. The molecule has 0 radical (unpaired) electrons. The molecule has 0 aliphatic rings. The molecule has 0 spiro atoms. The molecule has 9 nitrogen and oxygen atoms in total. The fraction of sp³-hybridized carbons (Fsp3) is 0.238. The van der Waals surface area contributed by atoms with Crippen molar-refractivity contribution >= 4 is 38.4 Å². The van der Waals surface area contributed by atoms with E-state index in [0.717, 1.165) is 23.9 Å². The number of hydrogen-bond acceptors (Lipinski definition) is 7. The van der Waals surface area contributed by atoms with E-state index in [0.29, 0.717) is 5.02 Å². The maximum absolute atomic E-state index is 14.2. The maximum Gasteiger partial charge on any atom is 0.256 e. The van der Waals surface area contributed by atoms with E-state index in [2.05, 4.69) is 15.0 Å². The molecule has 2 aromatic carbocycles. The van der Waals surface area contributed by atoms with Crippen molar-refractivity contribution in [1.29, 1.82) is 0 Å². The number of nitrogens with zero attached hydrogens (tertiary/aromatic N) is 1. The van der Waals surface area contributed by atoms with Crippen molar-refractivity contribution in [2.75, 3.05) is 26.4 Å². The second kappa shape index (κ2) is 10.9. The van der Waals surface area contributed by atoms with Crippen LogP contribution in [0.1, 0.15) is 15.9 Å². The van der Waals surface area contributed by atoms with E-state index in [1.54, 1.807) is 24.3 Å². The molecule has 0 atom stereocenters. The number of aliphatic hydroxyl groups excluding tert-OH is 1. The van der Waals surface area contributed by atoms with Gasteiger partial charge in [0.2, 0.25) is 10.0 Å². The van der Waals surface area contributed by atoms with Gasteiger partial charge in [-0.05, 0) is 29.8 Å². The third kappa shape index (κ3) is 6.15. The van der Waals surface area contributed by atoms with Crippen molar-refractivity contribution in [2.45, 2.75) is 11.4 Å². The number of ether oxygens (including phenoxy) is 1. The third-order valence-corrected chi connectivity index (χ3v) is 6.27. The van der Waals surface area contributed by atoms with Crippen LogP contribution in [-0.4, -0.2) is 55.9 Å². The molecule has 4 N–H and O–H groups in total. The lowest BCUT2D eigenvalue weighted by Crippen LogP contribution is -2.28. The number of amides is 1. The van der Waals surface area contributed by atoms with Crippen molar-refractivity contribution < 1.29 is 32.6 Å². The molecule has 3 rings (SSSR count). The fourth-order valence-electron chi connectivity index (χ4n) is 2.97. The number of benzene rings is 2. The van der Waals surface area contributed by atoms with Crippen LogP contribution in [0.3, 0.4) is 0 Å². The van der Waals surface area contributed by atoms with Crippen molar-refractivity contribution in [2.24, 2.45) is 0 Å². The van der Waals surface area contributed by atoms with E-state index in [-0.39, 0.29) is 49.4 Å². The number of halogens is 2. The Morgan fingerprint density at radius 3 is 2.61 bits per heavy atom. The van der Waals surface area contributed by atoms with Crippen LogP contribution in [-0.2, 0) is 21.3 Å². The van der Waals surface area contributed by atoms with Crippen LogP contribution < -0.4 is 10.0 Å². The molecule has 33 heavy (non-hydrogen) atoms. The average molecular weight is 498 g/mol. The number of aromatic nitrogens is 1. The van der Waals surface area contributed by atoms with E-state index >= 15 is 0 Å². The lowest BCUT2D eigenvalue weighted by Gasteiger charge is -2.12. The second-order valence-corrected chi connectivity index (χ2v) is 9.04. The normalized spacial score (nSPS) is 11.6. The van der Waals surface area contributed by atoms with Crippen LogP contribution in [0.5, 0.6) is 5.75 Å². The minimum atomic E-state index is -4.21. The molecule has 0 aliphatic carbocycles. The molecule has 0 fully saturated rings. The Bertz CT molecular complexity index is 1260. The predicted molar refractivity (Wildman–Crippen MR) is 119 cm³/mol. The summed E-state index contributed by atoms with van der Waals surface area (Å²) in [5, 5.41) is 22.2. The zero-order valence-corrected chi connectivity index (χ0v) is 18.8. The zero-order chi connectivity index (χ0) is 24.0. The molecule has 0 aliphatic heterocycles. The minimum absolute atomic E-state index is 0.0103. The van der Waals surface area contributed by atoms with Crippen LogP contribution in [0.15, 0.2) is 47.5 Å². The van der Waals surface area contributed by atoms with Gasteiger partial charge in [-0.3, -0.25) is 9.78 Å². The van der Waals surface area contributed by atoms with Gasteiger partial charge < -0.3 is 20.3 Å². The fourth-order valence-corrected chi connectivity index (χ4v) is 4.29. The van der Waals surface area contributed by atoms with Gasteiger partial charge in [0.25, 0.3) is 5.91 Å². The highest BCUT2D eigenvalue weighted by atomic mass is 35.5. The van der Waals surface area contributed by atoms with Gasteiger partial charge in [-0.25, -0.2) is 17.5 Å². The van der Waals surface area contributed by atoms with E-state index in [9.17, 15) is 22.7 Å². The Labute approximate surface area is 194 Å². The SMILES string of the molecule is O=C(NCc1ccc(Cl)cc1)c1cnc2c(S(=O)(=O)NCCOCCO)cc(F)cc2c1O. The van der Waals surface area contributed by atoms with Gasteiger partial charge in [0, 0.05) is 29.7 Å². The molecule has 12 heteroatoms. The molecule has 1 amide bonds. The first-order valence-electron chi connectivity index (χ1n) is 9.75. The summed E-state index contributed by atoms with van der Waals surface area (Å²) >= 11 is 5.83. The average Bonchev–Trinajstić information content (AvgIpc) is 2.78. The highest BCUT2D eigenvalue weighted by molar-refractivity contribution is 7.89. The monoisotopic (exact) mass is 497 g/mol. The Balaban J connectivity index is 1.85. The number of carbonyl (C=O) groups is 1. The van der Waals surface area contributed by atoms with Crippen molar-refractivity contribution in [3.63, 3.8) is 0 Å². The molecule has 0 unspecified atom stereocenters. The highest BCUT2D eigenvalue weighted by Gasteiger charge is 2.23. The number of aliphatic hydroxyl groups is 1. The molecule has 0 saturated carbocycles. The largest absolute Gasteiger partial charge is 0.506 e. The Morgan fingerprint density at radius 1 is 1.18 bits per heavy atom. The van der Waals surface area contributed by atoms with Gasteiger partial charge in [0.15, 0.2) is 0 Å². The summed E-state index contributed by atoms with van der Waals surface area (Å²) in [7, 11) is -4.21. The van der Waals surface area contributed by atoms with E-state index in [1.807, 2.05) is 0 Å². The zero-order valence-electron chi connectivity index (χ0n) is 17.2. The van der Waals surface area contributed by atoms with Crippen molar-refractivity contribution in [3.8, 4) is 5.75 Å². The topological polar surface area (TPSA) is 138 Å². The van der Waals surface area contributed by atoms with Gasteiger partial charge >= 0.3 is 0 Å². The minimum Gasteiger partial charge on any atom is -0.506 e. The number of fused-ring (bicyclic) bond motifs is 1. The molecule has 0 saturated heterocycles. The highest BCUT2D eigenvalue weighted by Crippen LogP contribution is 2.32. The first-order chi connectivity index (χ1) is 15.7. The molecular formula is C21H21ClFN3O6S. The number of nitrogens with one attached hydrogen (secondary N) is 2. The van der Waals surface area contributed by atoms with E-state index in [4.69, 9.17) is 21.4 Å².